The van der Waals surface area contributed by atoms with Gasteiger partial charge in [-0.15, -0.1) is 0 Å². The Morgan fingerprint density at radius 3 is 1.71 bits per heavy atom. The Morgan fingerprint density at radius 2 is 1.41 bits per heavy atom. The van der Waals surface area contributed by atoms with E-state index in [9.17, 15) is 39.7 Å². The van der Waals surface area contributed by atoms with Crippen LogP contribution in [-0.4, -0.2) is 30.0 Å². The predicted octanol–water partition coefficient (Wildman–Crippen LogP) is 2.84. The highest BCUT2D eigenvalue weighted by Crippen LogP contribution is 2.53. The van der Waals surface area contributed by atoms with Crippen LogP contribution in [0.1, 0.15) is 0 Å². The maximum absolute atomic E-state index is 12.0. The van der Waals surface area contributed by atoms with Crippen molar-refractivity contribution in [2.45, 2.75) is 18.5 Å². The highest BCUT2D eigenvalue weighted by atomic mass is 31.2. The van der Waals surface area contributed by atoms with Crippen molar-refractivity contribution >= 4 is 7.82 Å². The molecule has 1 atom stereocenters. The van der Waals surface area contributed by atoms with E-state index in [1.807, 2.05) is 0 Å². The van der Waals surface area contributed by atoms with Gasteiger partial charge < -0.3 is 4.89 Å². The van der Waals surface area contributed by atoms with Crippen LogP contribution in [0.3, 0.4) is 0 Å². The van der Waals surface area contributed by atoms with Gasteiger partial charge in [0.25, 0.3) is 0 Å². The van der Waals surface area contributed by atoms with Crippen LogP contribution in [0.15, 0.2) is 0 Å². The van der Waals surface area contributed by atoms with Crippen molar-refractivity contribution in [2.24, 2.45) is 0 Å². The van der Waals surface area contributed by atoms with Crippen molar-refractivity contribution in [1.82, 2.24) is 0 Å². The summed E-state index contributed by atoms with van der Waals surface area (Å²) in [5.74, 6) is 0. The van der Waals surface area contributed by atoms with Gasteiger partial charge in [-0.25, -0.2) is 9.09 Å². The van der Waals surface area contributed by atoms with Crippen LogP contribution in [-0.2, 0) is 13.6 Å². The van der Waals surface area contributed by atoms with Crippen LogP contribution >= 0.6 is 7.82 Å². The molecular formula is C4H3F8O4P. The Labute approximate surface area is 87.7 Å². The molecule has 0 aromatic heterocycles. The third-order valence-electron chi connectivity index (χ3n) is 0.951. The molecule has 0 aliphatic carbocycles. The van der Waals surface area contributed by atoms with Crippen molar-refractivity contribution in [1.29, 1.82) is 0 Å². The lowest BCUT2D eigenvalue weighted by atomic mass is 10.6. The zero-order valence-electron chi connectivity index (χ0n) is 7.35. The molecule has 1 N–H and O–H groups in total. The number of phosphoric acid groups is 1. The van der Waals surface area contributed by atoms with Gasteiger partial charge in [-0.2, -0.15) is 35.1 Å². The van der Waals surface area contributed by atoms with Crippen LogP contribution in [0, 0.1) is 0 Å². The monoisotopic (exact) mass is 298 g/mol. The predicted molar refractivity (Wildman–Crippen MR) is 33.9 cm³/mol. The lowest BCUT2D eigenvalue weighted by Crippen LogP contribution is -2.38. The first kappa shape index (κ1) is 16.6. The first-order valence-electron chi connectivity index (χ1n) is 3.36. The standard InChI is InChI=1S/C4H3F8O4P/c5-2(6,7)1-15-17(13,14)16-4(11,12)3(8,9)10/h1H2,(H,13,14). The number of rotatable bonds is 4. The van der Waals surface area contributed by atoms with Gasteiger partial charge in [0.2, 0.25) is 0 Å². The zero-order chi connectivity index (χ0) is 14.1. The van der Waals surface area contributed by atoms with Crippen molar-refractivity contribution in [2.75, 3.05) is 6.61 Å². The van der Waals surface area contributed by atoms with E-state index in [4.69, 9.17) is 4.89 Å². The topological polar surface area (TPSA) is 55.8 Å². The van der Waals surface area contributed by atoms with E-state index < -0.39 is 32.9 Å². The molecule has 0 amide bonds. The van der Waals surface area contributed by atoms with Gasteiger partial charge in [-0.3, -0.25) is 4.52 Å². The Morgan fingerprint density at radius 1 is 1.00 bits per heavy atom. The molecule has 0 fully saturated rings. The highest BCUT2D eigenvalue weighted by molar-refractivity contribution is 7.47. The summed E-state index contributed by atoms with van der Waals surface area (Å²) in [6.07, 6.45) is -17.7. The van der Waals surface area contributed by atoms with Crippen LogP contribution in [0.5, 0.6) is 0 Å². The normalized spacial score (nSPS) is 17.9. The minimum atomic E-state index is -6.37. The van der Waals surface area contributed by atoms with E-state index >= 15 is 0 Å². The molecule has 0 bridgehead atoms. The molecule has 0 radical (unpaired) electrons. The molecule has 4 nitrogen and oxygen atoms in total. The summed E-state index contributed by atoms with van der Waals surface area (Å²) in [5.41, 5.74) is 0. The number of hydrogen-bond donors (Lipinski definition) is 1. The first-order valence-corrected chi connectivity index (χ1v) is 4.85. The Kier molecular flexibility index (Phi) is 4.55. The number of phosphoric ester groups is 1. The fourth-order valence-corrected chi connectivity index (χ4v) is 1.13. The fourth-order valence-electron chi connectivity index (χ4n) is 0.378. The van der Waals surface area contributed by atoms with E-state index in [0.29, 0.717) is 0 Å². The lowest BCUT2D eigenvalue weighted by Gasteiger charge is -2.21. The third kappa shape index (κ3) is 6.15. The first-order chi connectivity index (χ1) is 7.16. The van der Waals surface area contributed by atoms with Gasteiger partial charge in [0.1, 0.15) is 0 Å². The van der Waals surface area contributed by atoms with E-state index in [2.05, 4.69) is 9.05 Å². The summed E-state index contributed by atoms with van der Waals surface area (Å²) in [6, 6.07) is 0. The average molecular weight is 298 g/mol. The van der Waals surface area contributed by atoms with Crippen molar-refractivity contribution in [3.05, 3.63) is 0 Å². The number of halogens is 8. The molecule has 0 saturated heterocycles. The SMILES string of the molecule is O=P(O)(OCC(F)(F)F)OC(F)(F)C(F)(F)F. The Hall–Kier alpha value is -0.450. The summed E-state index contributed by atoms with van der Waals surface area (Å²) < 4.78 is 108. The largest absolute Gasteiger partial charge is 0.483 e. The van der Waals surface area contributed by atoms with Crippen molar-refractivity contribution in [3.8, 4) is 0 Å². The van der Waals surface area contributed by atoms with Crippen LogP contribution in [0.2, 0.25) is 0 Å². The van der Waals surface area contributed by atoms with Gasteiger partial charge in [0, 0.05) is 0 Å². The van der Waals surface area contributed by atoms with E-state index in [-0.39, 0.29) is 0 Å². The lowest BCUT2D eigenvalue weighted by molar-refractivity contribution is -0.365. The molecule has 0 aromatic carbocycles. The molecule has 0 aliphatic rings. The second-order valence-corrected chi connectivity index (χ2v) is 3.84. The van der Waals surface area contributed by atoms with Crippen LogP contribution in [0.25, 0.3) is 0 Å². The summed E-state index contributed by atoms with van der Waals surface area (Å²) in [6.45, 7) is -2.52. The molecule has 104 valence electrons. The molecule has 17 heavy (non-hydrogen) atoms. The quantitative estimate of drug-likeness (QED) is 0.640. The molecular weight excluding hydrogens is 295 g/mol. The minimum Gasteiger partial charge on any atom is -0.302 e. The smallest absolute Gasteiger partial charge is 0.302 e. The molecule has 13 heteroatoms. The molecule has 0 rings (SSSR count). The summed E-state index contributed by atoms with van der Waals surface area (Å²) in [5, 5.41) is 0. The molecule has 0 aliphatic heterocycles. The zero-order valence-corrected chi connectivity index (χ0v) is 8.24. The number of hydrogen-bond acceptors (Lipinski definition) is 3. The molecule has 0 aromatic rings. The second-order valence-electron chi connectivity index (χ2n) is 2.46. The summed E-state index contributed by atoms with van der Waals surface area (Å²) in [7, 11) is -6.20. The van der Waals surface area contributed by atoms with Gasteiger partial charge in [-0.05, 0) is 0 Å². The Balaban J connectivity index is 4.61. The third-order valence-corrected chi connectivity index (χ3v) is 1.87. The van der Waals surface area contributed by atoms with Crippen molar-refractivity contribution in [3.63, 3.8) is 0 Å². The van der Waals surface area contributed by atoms with Crippen LogP contribution in [0.4, 0.5) is 35.1 Å². The van der Waals surface area contributed by atoms with Crippen molar-refractivity contribution < 1.29 is 53.6 Å². The van der Waals surface area contributed by atoms with Gasteiger partial charge >= 0.3 is 26.3 Å². The fraction of sp³-hybridized carbons (Fsp3) is 1.00. The maximum atomic E-state index is 12.0. The highest BCUT2D eigenvalue weighted by Gasteiger charge is 2.63. The molecule has 0 spiro atoms. The summed E-state index contributed by atoms with van der Waals surface area (Å²) in [4.78, 5) is 8.21. The molecule has 0 saturated carbocycles. The van der Waals surface area contributed by atoms with Gasteiger partial charge in [0.15, 0.2) is 6.61 Å². The van der Waals surface area contributed by atoms with Crippen LogP contribution < -0.4 is 0 Å². The number of alkyl halides is 8. The van der Waals surface area contributed by atoms with E-state index in [1.165, 1.54) is 0 Å². The second kappa shape index (κ2) is 4.67. The molecule has 1 unspecified atom stereocenters. The minimum absolute atomic E-state index is 2.32. The van der Waals surface area contributed by atoms with Gasteiger partial charge in [-0.1, -0.05) is 0 Å². The van der Waals surface area contributed by atoms with E-state index in [1.54, 1.807) is 0 Å². The molecule has 0 heterocycles. The summed E-state index contributed by atoms with van der Waals surface area (Å²) >= 11 is 0. The Bertz CT molecular complexity index is 308. The van der Waals surface area contributed by atoms with Gasteiger partial charge in [0.05, 0.1) is 0 Å². The van der Waals surface area contributed by atoms with E-state index in [0.717, 1.165) is 0 Å². The maximum Gasteiger partial charge on any atom is 0.483 e. The average Bonchev–Trinajstić information content (AvgIpc) is 1.95.